The van der Waals surface area contributed by atoms with Crippen molar-refractivity contribution in [3.63, 3.8) is 0 Å². The maximum absolute atomic E-state index is 12.4. The van der Waals surface area contributed by atoms with Crippen LogP contribution < -0.4 is 5.32 Å². The van der Waals surface area contributed by atoms with Crippen LogP contribution in [0.3, 0.4) is 0 Å². The summed E-state index contributed by atoms with van der Waals surface area (Å²) in [7, 11) is -3.01. The van der Waals surface area contributed by atoms with E-state index in [0.29, 0.717) is 30.3 Å². The van der Waals surface area contributed by atoms with Crippen LogP contribution in [0.4, 0.5) is 0 Å². The van der Waals surface area contributed by atoms with Crippen molar-refractivity contribution in [1.29, 1.82) is 0 Å². The second-order valence-electron chi connectivity index (χ2n) is 6.19. The van der Waals surface area contributed by atoms with Crippen LogP contribution in [0.5, 0.6) is 0 Å². The Morgan fingerprint density at radius 3 is 2.47 bits per heavy atom. The molecule has 0 amide bonds. The molecular weight excluding hydrogens is 284 g/mol. The van der Waals surface area contributed by atoms with E-state index < -0.39 is 10.0 Å². The van der Waals surface area contributed by atoms with Crippen molar-refractivity contribution in [2.75, 3.05) is 18.8 Å². The Morgan fingerprint density at radius 2 is 1.79 bits per heavy atom. The highest BCUT2D eigenvalue weighted by Gasteiger charge is 2.34. The number of halogens is 1. The Hall–Kier alpha value is 0.160. The molecule has 0 aromatic rings. The standard InChI is InChI=1S/C13H24N2O2S.ClH/c16-18(17,9-7-11-2-1-3-11)15-8-6-12-4-5-13(10-15)14-12;/h11-14H,1-10H2;1H. The molecule has 3 fully saturated rings. The summed E-state index contributed by atoms with van der Waals surface area (Å²) in [6.07, 6.45) is 7.99. The lowest BCUT2D eigenvalue weighted by molar-refractivity contribution is 0.304. The summed E-state index contributed by atoms with van der Waals surface area (Å²) >= 11 is 0. The van der Waals surface area contributed by atoms with Crippen molar-refractivity contribution in [3.8, 4) is 0 Å². The van der Waals surface area contributed by atoms with Gasteiger partial charge in [0.2, 0.25) is 10.0 Å². The quantitative estimate of drug-likeness (QED) is 0.861. The molecule has 2 bridgehead atoms. The number of fused-ring (bicyclic) bond motifs is 2. The summed E-state index contributed by atoms with van der Waals surface area (Å²) in [5.41, 5.74) is 0. The molecule has 2 saturated heterocycles. The fraction of sp³-hybridized carbons (Fsp3) is 1.00. The molecule has 0 aromatic carbocycles. The number of rotatable bonds is 4. The Bertz CT molecular complexity index is 397. The van der Waals surface area contributed by atoms with Crippen molar-refractivity contribution in [3.05, 3.63) is 0 Å². The molecule has 112 valence electrons. The molecule has 1 aliphatic carbocycles. The fourth-order valence-corrected chi connectivity index (χ4v) is 5.07. The predicted octanol–water partition coefficient (Wildman–Crippen LogP) is 1.75. The van der Waals surface area contributed by atoms with Crippen LogP contribution in [0.15, 0.2) is 0 Å². The second kappa shape index (κ2) is 6.29. The van der Waals surface area contributed by atoms with Crippen LogP contribution in [0.2, 0.25) is 0 Å². The van der Waals surface area contributed by atoms with Crippen molar-refractivity contribution in [2.45, 2.75) is 57.0 Å². The third kappa shape index (κ3) is 3.63. The average Bonchev–Trinajstić information content (AvgIpc) is 2.55. The molecule has 1 N–H and O–H groups in total. The molecule has 2 unspecified atom stereocenters. The van der Waals surface area contributed by atoms with Crippen LogP contribution in [0.25, 0.3) is 0 Å². The topological polar surface area (TPSA) is 49.4 Å². The minimum Gasteiger partial charge on any atom is -0.310 e. The number of nitrogens with one attached hydrogen (secondary N) is 1. The lowest BCUT2D eigenvalue weighted by Gasteiger charge is -2.28. The third-order valence-electron chi connectivity index (χ3n) is 4.89. The molecule has 0 radical (unpaired) electrons. The van der Waals surface area contributed by atoms with Gasteiger partial charge in [0.15, 0.2) is 0 Å². The SMILES string of the molecule is Cl.O=S(=O)(CCC1CCC1)N1CCC2CCC(C1)N2. The number of nitrogens with zero attached hydrogens (tertiary/aromatic N) is 1. The Balaban J connectivity index is 0.00000133. The molecule has 4 nitrogen and oxygen atoms in total. The van der Waals surface area contributed by atoms with Crippen LogP contribution in [0, 0.1) is 5.92 Å². The number of hydrogen-bond donors (Lipinski definition) is 1. The molecular formula is C13H25ClN2O2S. The zero-order valence-electron chi connectivity index (χ0n) is 11.4. The molecule has 0 spiro atoms. The Kier molecular flexibility index (Phi) is 5.15. The van der Waals surface area contributed by atoms with Gasteiger partial charge in [-0.1, -0.05) is 19.3 Å². The van der Waals surface area contributed by atoms with Crippen molar-refractivity contribution in [2.24, 2.45) is 5.92 Å². The van der Waals surface area contributed by atoms with E-state index in [1.807, 2.05) is 0 Å². The van der Waals surface area contributed by atoms with Crippen LogP contribution >= 0.6 is 12.4 Å². The van der Waals surface area contributed by atoms with Crippen molar-refractivity contribution in [1.82, 2.24) is 9.62 Å². The van der Waals surface area contributed by atoms with E-state index >= 15 is 0 Å². The highest BCUT2D eigenvalue weighted by atomic mass is 35.5. The van der Waals surface area contributed by atoms with Gasteiger partial charge < -0.3 is 5.32 Å². The molecule has 2 aliphatic heterocycles. The average molecular weight is 309 g/mol. The second-order valence-corrected chi connectivity index (χ2v) is 8.27. The lowest BCUT2D eigenvalue weighted by atomic mass is 9.84. The Morgan fingerprint density at radius 1 is 1.05 bits per heavy atom. The van der Waals surface area contributed by atoms with Gasteiger partial charge in [0.1, 0.15) is 0 Å². The highest BCUT2D eigenvalue weighted by Crippen LogP contribution is 2.30. The van der Waals surface area contributed by atoms with Crippen LogP contribution in [-0.4, -0.2) is 43.6 Å². The van der Waals surface area contributed by atoms with E-state index in [4.69, 9.17) is 0 Å². The van der Waals surface area contributed by atoms with E-state index in [1.165, 1.54) is 25.7 Å². The largest absolute Gasteiger partial charge is 0.310 e. The van der Waals surface area contributed by atoms with E-state index in [2.05, 4.69) is 5.32 Å². The van der Waals surface area contributed by atoms with E-state index in [1.54, 1.807) is 4.31 Å². The molecule has 2 heterocycles. The zero-order valence-corrected chi connectivity index (χ0v) is 13.0. The van der Waals surface area contributed by atoms with Gasteiger partial charge in [-0.2, -0.15) is 0 Å². The normalized spacial score (nSPS) is 32.4. The monoisotopic (exact) mass is 308 g/mol. The predicted molar refractivity (Wildman–Crippen MR) is 79.1 cm³/mol. The van der Waals surface area contributed by atoms with E-state index in [0.717, 1.165) is 25.8 Å². The first kappa shape index (κ1) is 15.5. The summed E-state index contributed by atoms with van der Waals surface area (Å²) < 4.78 is 26.5. The lowest BCUT2D eigenvalue weighted by Crippen LogP contribution is -2.40. The number of hydrogen-bond acceptors (Lipinski definition) is 3. The van der Waals surface area contributed by atoms with Gasteiger partial charge in [0.25, 0.3) is 0 Å². The van der Waals surface area contributed by atoms with Gasteiger partial charge in [-0.15, -0.1) is 12.4 Å². The van der Waals surface area contributed by atoms with Gasteiger partial charge in [-0.3, -0.25) is 0 Å². The first-order valence-corrected chi connectivity index (χ1v) is 8.98. The van der Waals surface area contributed by atoms with Crippen molar-refractivity contribution >= 4 is 22.4 Å². The van der Waals surface area contributed by atoms with Gasteiger partial charge in [-0.25, -0.2) is 12.7 Å². The third-order valence-corrected chi connectivity index (χ3v) is 6.76. The minimum absolute atomic E-state index is 0. The number of sulfonamides is 1. The summed E-state index contributed by atoms with van der Waals surface area (Å²) in [4.78, 5) is 0. The summed E-state index contributed by atoms with van der Waals surface area (Å²) in [5, 5.41) is 3.54. The maximum atomic E-state index is 12.4. The smallest absolute Gasteiger partial charge is 0.214 e. The highest BCUT2D eigenvalue weighted by molar-refractivity contribution is 7.89. The fourth-order valence-electron chi connectivity index (χ4n) is 3.39. The van der Waals surface area contributed by atoms with E-state index in [-0.39, 0.29) is 12.4 Å². The first-order valence-electron chi connectivity index (χ1n) is 7.37. The van der Waals surface area contributed by atoms with Gasteiger partial charge >= 0.3 is 0 Å². The molecule has 1 saturated carbocycles. The molecule has 19 heavy (non-hydrogen) atoms. The van der Waals surface area contributed by atoms with Crippen LogP contribution in [-0.2, 0) is 10.0 Å². The summed E-state index contributed by atoms with van der Waals surface area (Å²) in [6, 6.07) is 0.956. The first-order chi connectivity index (χ1) is 8.63. The molecule has 0 aromatic heterocycles. The van der Waals surface area contributed by atoms with E-state index in [9.17, 15) is 8.42 Å². The van der Waals surface area contributed by atoms with Gasteiger partial charge in [0.05, 0.1) is 5.75 Å². The molecule has 3 rings (SSSR count). The maximum Gasteiger partial charge on any atom is 0.214 e. The van der Waals surface area contributed by atoms with Crippen molar-refractivity contribution < 1.29 is 8.42 Å². The van der Waals surface area contributed by atoms with Gasteiger partial charge in [0, 0.05) is 25.2 Å². The molecule has 2 atom stereocenters. The summed E-state index contributed by atoms with van der Waals surface area (Å²) in [5.74, 6) is 1.05. The van der Waals surface area contributed by atoms with Gasteiger partial charge in [-0.05, 0) is 31.6 Å². The molecule has 3 aliphatic rings. The minimum atomic E-state index is -3.01. The summed E-state index contributed by atoms with van der Waals surface area (Å²) in [6.45, 7) is 1.42. The van der Waals surface area contributed by atoms with Crippen LogP contribution in [0.1, 0.15) is 44.9 Å². The molecule has 6 heteroatoms. The zero-order chi connectivity index (χ0) is 12.6. The Labute approximate surface area is 122 Å².